The number of aryl methyl sites for hydroxylation is 2. The SMILES string of the molecule is Cc1cccc(C)c1NC(=O)CNC(=O)C(C)OC(=O)c1cccc([N+](=O)[O-])c1. The molecule has 9 heteroatoms. The second-order valence-electron chi connectivity index (χ2n) is 6.39. The van der Waals surface area contributed by atoms with Crippen molar-refractivity contribution in [1.82, 2.24) is 5.32 Å². The fourth-order valence-electron chi connectivity index (χ4n) is 2.53. The van der Waals surface area contributed by atoms with E-state index < -0.39 is 28.8 Å². The van der Waals surface area contributed by atoms with Crippen molar-refractivity contribution in [3.8, 4) is 0 Å². The Kier molecular flexibility index (Phi) is 7.02. The van der Waals surface area contributed by atoms with Crippen molar-refractivity contribution in [2.75, 3.05) is 11.9 Å². The van der Waals surface area contributed by atoms with Gasteiger partial charge in [0.2, 0.25) is 5.91 Å². The molecule has 0 fully saturated rings. The molecule has 2 aromatic carbocycles. The van der Waals surface area contributed by atoms with Gasteiger partial charge in [-0.3, -0.25) is 19.7 Å². The maximum Gasteiger partial charge on any atom is 0.339 e. The average Bonchev–Trinajstić information content (AvgIpc) is 2.69. The minimum absolute atomic E-state index is 0.0494. The first-order chi connectivity index (χ1) is 13.7. The summed E-state index contributed by atoms with van der Waals surface area (Å²) in [5.41, 5.74) is 2.15. The molecule has 2 rings (SSSR count). The standard InChI is InChI=1S/C20H21N3O6/c1-12-6-4-7-13(2)18(12)22-17(24)11-21-19(25)14(3)29-20(26)15-8-5-9-16(10-15)23(27)28/h4-10,14H,11H2,1-3H3,(H,21,25)(H,22,24). The van der Waals surface area contributed by atoms with E-state index in [2.05, 4.69) is 10.6 Å². The largest absolute Gasteiger partial charge is 0.449 e. The Morgan fingerprint density at radius 2 is 1.72 bits per heavy atom. The highest BCUT2D eigenvalue weighted by Gasteiger charge is 2.21. The monoisotopic (exact) mass is 399 g/mol. The molecule has 0 aliphatic carbocycles. The fraction of sp³-hybridized carbons (Fsp3) is 0.250. The maximum absolute atomic E-state index is 12.1. The Morgan fingerprint density at radius 3 is 2.34 bits per heavy atom. The van der Waals surface area contributed by atoms with Crippen LogP contribution in [0.15, 0.2) is 42.5 Å². The molecule has 9 nitrogen and oxygen atoms in total. The predicted octanol–water partition coefficient (Wildman–Crippen LogP) is 2.51. The number of carbonyl (C=O) groups is 3. The van der Waals surface area contributed by atoms with E-state index in [1.807, 2.05) is 32.0 Å². The Morgan fingerprint density at radius 1 is 1.10 bits per heavy atom. The molecule has 0 saturated heterocycles. The predicted molar refractivity (Wildman–Crippen MR) is 106 cm³/mol. The lowest BCUT2D eigenvalue weighted by atomic mass is 10.1. The third-order valence-electron chi connectivity index (χ3n) is 4.11. The van der Waals surface area contributed by atoms with Gasteiger partial charge >= 0.3 is 5.97 Å². The van der Waals surface area contributed by atoms with E-state index in [0.29, 0.717) is 5.69 Å². The van der Waals surface area contributed by atoms with Gasteiger partial charge in [0, 0.05) is 17.8 Å². The van der Waals surface area contributed by atoms with Crippen LogP contribution in [0.5, 0.6) is 0 Å². The van der Waals surface area contributed by atoms with Gasteiger partial charge in [-0.1, -0.05) is 24.3 Å². The Labute approximate surface area is 167 Å². The second kappa shape index (κ2) is 9.45. The van der Waals surface area contributed by atoms with Crippen molar-refractivity contribution in [3.05, 3.63) is 69.3 Å². The quantitative estimate of drug-likeness (QED) is 0.418. The van der Waals surface area contributed by atoms with Gasteiger partial charge in [-0.25, -0.2) is 4.79 Å². The number of esters is 1. The summed E-state index contributed by atoms with van der Waals surface area (Å²) in [7, 11) is 0. The number of para-hydroxylation sites is 1. The molecule has 0 aliphatic heterocycles. The smallest absolute Gasteiger partial charge is 0.339 e. The first-order valence-electron chi connectivity index (χ1n) is 8.78. The van der Waals surface area contributed by atoms with Crippen LogP contribution in [0.25, 0.3) is 0 Å². The van der Waals surface area contributed by atoms with Crippen LogP contribution >= 0.6 is 0 Å². The summed E-state index contributed by atoms with van der Waals surface area (Å²) in [5, 5.41) is 15.9. The van der Waals surface area contributed by atoms with E-state index >= 15 is 0 Å². The lowest BCUT2D eigenvalue weighted by Gasteiger charge is -2.14. The summed E-state index contributed by atoms with van der Waals surface area (Å²) in [6.45, 7) is 4.76. The summed E-state index contributed by atoms with van der Waals surface area (Å²) >= 11 is 0. The molecule has 2 aromatic rings. The number of rotatable bonds is 7. The normalized spacial score (nSPS) is 11.3. The van der Waals surface area contributed by atoms with Crippen molar-refractivity contribution in [1.29, 1.82) is 0 Å². The number of anilines is 1. The van der Waals surface area contributed by atoms with Crippen LogP contribution < -0.4 is 10.6 Å². The molecule has 0 aliphatic rings. The molecule has 2 N–H and O–H groups in total. The van der Waals surface area contributed by atoms with Gasteiger partial charge in [-0.2, -0.15) is 0 Å². The number of benzene rings is 2. The van der Waals surface area contributed by atoms with Crippen LogP contribution in [0.1, 0.15) is 28.4 Å². The lowest BCUT2D eigenvalue weighted by molar-refractivity contribution is -0.384. The molecular weight excluding hydrogens is 378 g/mol. The van der Waals surface area contributed by atoms with E-state index in [1.54, 1.807) is 0 Å². The number of hydrogen-bond donors (Lipinski definition) is 2. The first-order valence-corrected chi connectivity index (χ1v) is 8.78. The molecule has 1 atom stereocenters. The number of nitro benzene ring substituents is 1. The summed E-state index contributed by atoms with van der Waals surface area (Å²) < 4.78 is 5.02. The number of hydrogen-bond acceptors (Lipinski definition) is 6. The van der Waals surface area contributed by atoms with Crippen molar-refractivity contribution < 1.29 is 24.0 Å². The van der Waals surface area contributed by atoms with Gasteiger partial charge in [-0.05, 0) is 38.0 Å². The zero-order chi connectivity index (χ0) is 21.6. The first kappa shape index (κ1) is 21.5. The summed E-state index contributed by atoms with van der Waals surface area (Å²) in [5.74, 6) is -1.97. The zero-order valence-corrected chi connectivity index (χ0v) is 16.2. The van der Waals surface area contributed by atoms with Crippen molar-refractivity contribution in [2.45, 2.75) is 26.9 Å². The van der Waals surface area contributed by atoms with E-state index in [1.165, 1.54) is 25.1 Å². The highest BCUT2D eigenvalue weighted by atomic mass is 16.6. The van der Waals surface area contributed by atoms with Crippen LogP contribution in [0.2, 0.25) is 0 Å². The fourth-order valence-corrected chi connectivity index (χ4v) is 2.53. The van der Waals surface area contributed by atoms with Crippen molar-refractivity contribution >= 4 is 29.2 Å². The molecule has 29 heavy (non-hydrogen) atoms. The number of non-ortho nitro benzene ring substituents is 1. The zero-order valence-electron chi connectivity index (χ0n) is 16.2. The van der Waals surface area contributed by atoms with Crippen LogP contribution in [0.3, 0.4) is 0 Å². The lowest BCUT2D eigenvalue weighted by Crippen LogP contribution is -2.40. The molecular formula is C20H21N3O6. The van der Waals surface area contributed by atoms with Crippen molar-refractivity contribution in [2.24, 2.45) is 0 Å². The summed E-state index contributed by atoms with van der Waals surface area (Å²) in [4.78, 5) is 46.4. The molecule has 0 spiro atoms. The number of nitrogens with zero attached hydrogens (tertiary/aromatic N) is 1. The van der Waals surface area contributed by atoms with Gasteiger partial charge in [0.1, 0.15) is 0 Å². The number of ether oxygens (including phenoxy) is 1. The topological polar surface area (TPSA) is 128 Å². The summed E-state index contributed by atoms with van der Waals surface area (Å²) in [6.07, 6.45) is -1.19. The number of nitrogens with one attached hydrogen (secondary N) is 2. The number of carbonyl (C=O) groups excluding carboxylic acids is 3. The van der Waals surface area contributed by atoms with Crippen molar-refractivity contribution in [3.63, 3.8) is 0 Å². The highest BCUT2D eigenvalue weighted by molar-refractivity contribution is 5.97. The van der Waals surface area contributed by atoms with E-state index in [0.717, 1.165) is 17.2 Å². The minimum Gasteiger partial charge on any atom is -0.449 e. The molecule has 0 radical (unpaired) electrons. The average molecular weight is 399 g/mol. The third kappa shape index (κ3) is 5.86. The Balaban J connectivity index is 1.88. The van der Waals surface area contributed by atoms with Gasteiger partial charge in [-0.15, -0.1) is 0 Å². The molecule has 0 heterocycles. The molecule has 1 unspecified atom stereocenters. The second-order valence-corrected chi connectivity index (χ2v) is 6.39. The third-order valence-corrected chi connectivity index (χ3v) is 4.11. The maximum atomic E-state index is 12.1. The van der Waals surface area contributed by atoms with E-state index in [9.17, 15) is 24.5 Å². The highest BCUT2D eigenvalue weighted by Crippen LogP contribution is 2.19. The van der Waals surface area contributed by atoms with E-state index in [4.69, 9.17) is 4.74 Å². The van der Waals surface area contributed by atoms with Crippen LogP contribution in [0.4, 0.5) is 11.4 Å². The number of amides is 2. The molecule has 2 amide bonds. The molecule has 0 saturated carbocycles. The minimum atomic E-state index is -1.19. The van der Waals surface area contributed by atoms with E-state index in [-0.39, 0.29) is 17.8 Å². The van der Waals surface area contributed by atoms with Crippen LogP contribution in [-0.2, 0) is 14.3 Å². The molecule has 0 aromatic heterocycles. The van der Waals surface area contributed by atoms with Gasteiger partial charge in [0.15, 0.2) is 6.10 Å². The Hall–Kier alpha value is -3.75. The molecule has 0 bridgehead atoms. The van der Waals surface area contributed by atoms with Crippen LogP contribution in [0, 0.1) is 24.0 Å². The molecule has 152 valence electrons. The van der Waals surface area contributed by atoms with Gasteiger partial charge < -0.3 is 15.4 Å². The Bertz CT molecular complexity index is 937. The van der Waals surface area contributed by atoms with Crippen LogP contribution in [-0.4, -0.2) is 35.4 Å². The number of nitro groups is 1. The van der Waals surface area contributed by atoms with Gasteiger partial charge in [0.05, 0.1) is 17.0 Å². The summed E-state index contributed by atoms with van der Waals surface area (Å²) in [6, 6.07) is 10.6. The van der Waals surface area contributed by atoms with Gasteiger partial charge in [0.25, 0.3) is 11.6 Å².